The zero-order valence-corrected chi connectivity index (χ0v) is 12.2. The van der Waals surface area contributed by atoms with Gasteiger partial charge in [0.1, 0.15) is 5.65 Å². The second-order valence-corrected chi connectivity index (χ2v) is 3.83. The molecule has 2 aromatic heterocycles. The van der Waals surface area contributed by atoms with Gasteiger partial charge in [0.05, 0.1) is 0 Å². The highest BCUT2D eigenvalue weighted by Crippen LogP contribution is 2.18. The molecular weight excluding hydrogens is 295 g/mol. The van der Waals surface area contributed by atoms with E-state index in [0.29, 0.717) is 6.04 Å². The van der Waals surface area contributed by atoms with E-state index in [-0.39, 0.29) is 37.2 Å². The van der Waals surface area contributed by atoms with Crippen molar-refractivity contribution < 1.29 is 0 Å². The number of hydrogen-bond acceptors (Lipinski definition) is 3. The first-order valence-corrected chi connectivity index (χ1v) is 5.31. The molecule has 0 spiro atoms. The van der Waals surface area contributed by atoms with E-state index in [0.717, 1.165) is 25.3 Å². The predicted octanol–water partition coefficient (Wildman–Crippen LogP) is 1.83. The summed E-state index contributed by atoms with van der Waals surface area (Å²) in [4.78, 5) is 4.39. The first kappa shape index (κ1) is 17.5. The van der Waals surface area contributed by atoms with Crippen LogP contribution in [-0.4, -0.2) is 29.0 Å². The number of fused-ring (bicyclic) bond motifs is 1. The van der Waals surface area contributed by atoms with Gasteiger partial charge < -0.3 is 15.0 Å². The highest BCUT2D eigenvalue weighted by molar-refractivity contribution is 5.86. The molecule has 102 valence electrons. The van der Waals surface area contributed by atoms with Gasteiger partial charge in [-0.25, -0.2) is 4.98 Å². The first-order chi connectivity index (χ1) is 7.45. The van der Waals surface area contributed by atoms with E-state index in [1.54, 1.807) is 0 Å². The lowest BCUT2D eigenvalue weighted by Gasteiger charge is -2.25. The Labute approximate surface area is 125 Å². The van der Waals surface area contributed by atoms with E-state index in [9.17, 15) is 0 Å². The van der Waals surface area contributed by atoms with Crippen molar-refractivity contribution in [3.8, 4) is 0 Å². The molecular formula is C11H17Cl3N4. The summed E-state index contributed by atoms with van der Waals surface area (Å²) in [6, 6.07) is 4.60. The van der Waals surface area contributed by atoms with Crippen LogP contribution >= 0.6 is 37.2 Å². The maximum Gasteiger partial charge on any atom is 0.141 e. The van der Waals surface area contributed by atoms with Gasteiger partial charge in [-0.15, -0.1) is 37.2 Å². The molecule has 0 amide bonds. The molecule has 1 fully saturated rings. The topological polar surface area (TPSA) is 41.4 Å². The molecule has 0 saturated carbocycles. The summed E-state index contributed by atoms with van der Waals surface area (Å²) in [6.45, 7) is 3.05. The largest absolute Gasteiger partial charge is 0.314 e. The van der Waals surface area contributed by atoms with Gasteiger partial charge in [-0.1, -0.05) is 6.07 Å². The number of aromatic nitrogens is 2. The molecule has 2 N–H and O–H groups in total. The third kappa shape index (κ3) is 3.28. The number of hydrogen-bond donors (Lipinski definition) is 2. The van der Waals surface area contributed by atoms with Crippen molar-refractivity contribution in [3.63, 3.8) is 0 Å². The van der Waals surface area contributed by atoms with E-state index >= 15 is 0 Å². The zero-order chi connectivity index (χ0) is 10.1. The molecule has 0 bridgehead atoms. The molecule has 4 nitrogen and oxygen atoms in total. The van der Waals surface area contributed by atoms with E-state index in [4.69, 9.17) is 0 Å². The summed E-state index contributed by atoms with van der Waals surface area (Å²) < 4.78 is 2.06. The van der Waals surface area contributed by atoms with Crippen LogP contribution in [-0.2, 0) is 0 Å². The van der Waals surface area contributed by atoms with Gasteiger partial charge in [0.25, 0.3) is 0 Å². The number of pyridine rings is 1. The van der Waals surface area contributed by atoms with Crippen LogP contribution in [0.5, 0.6) is 0 Å². The average Bonchev–Trinajstić information content (AvgIpc) is 2.78. The van der Waals surface area contributed by atoms with Crippen LogP contribution in [0, 0.1) is 0 Å². The van der Waals surface area contributed by atoms with Gasteiger partial charge in [-0.05, 0) is 6.07 Å². The van der Waals surface area contributed by atoms with E-state index in [1.165, 1.54) is 5.56 Å². The molecule has 18 heavy (non-hydrogen) atoms. The SMILES string of the molecule is Cl.Cl.Cl.c1cc(C2CNCCN2)c2nccn2c1. The molecule has 0 aromatic carbocycles. The Morgan fingerprint density at radius 1 is 1.17 bits per heavy atom. The van der Waals surface area contributed by atoms with Crippen LogP contribution < -0.4 is 10.6 Å². The zero-order valence-electron chi connectivity index (χ0n) is 9.70. The van der Waals surface area contributed by atoms with Crippen molar-refractivity contribution in [2.45, 2.75) is 6.04 Å². The van der Waals surface area contributed by atoms with Crippen molar-refractivity contribution >= 4 is 42.9 Å². The summed E-state index contributed by atoms with van der Waals surface area (Å²) >= 11 is 0. The second kappa shape index (κ2) is 7.81. The van der Waals surface area contributed by atoms with Crippen LogP contribution in [0.15, 0.2) is 30.7 Å². The Morgan fingerprint density at radius 3 is 2.72 bits per heavy atom. The van der Waals surface area contributed by atoms with E-state index < -0.39 is 0 Å². The molecule has 1 saturated heterocycles. The van der Waals surface area contributed by atoms with Crippen molar-refractivity contribution in [2.24, 2.45) is 0 Å². The van der Waals surface area contributed by atoms with E-state index in [2.05, 4.69) is 32.2 Å². The lowest BCUT2D eigenvalue weighted by molar-refractivity contribution is 0.431. The van der Waals surface area contributed by atoms with Gasteiger partial charge >= 0.3 is 0 Å². The fourth-order valence-corrected chi connectivity index (χ4v) is 2.12. The molecule has 3 rings (SSSR count). The minimum atomic E-state index is 0. The smallest absolute Gasteiger partial charge is 0.141 e. The molecule has 1 unspecified atom stereocenters. The fourth-order valence-electron chi connectivity index (χ4n) is 2.12. The minimum Gasteiger partial charge on any atom is -0.314 e. The summed E-state index contributed by atoms with van der Waals surface area (Å²) in [5.74, 6) is 0. The fraction of sp³-hybridized carbons (Fsp3) is 0.364. The summed E-state index contributed by atoms with van der Waals surface area (Å²) in [7, 11) is 0. The molecule has 1 aliphatic rings. The highest BCUT2D eigenvalue weighted by Gasteiger charge is 2.17. The Morgan fingerprint density at radius 2 is 2.00 bits per heavy atom. The first-order valence-electron chi connectivity index (χ1n) is 5.31. The Kier molecular flexibility index (Phi) is 7.59. The van der Waals surface area contributed by atoms with E-state index in [1.807, 2.05) is 18.6 Å². The molecule has 1 aliphatic heterocycles. The predicted molar refractivity (Wildman–Crippen MR) is 80.5 cm³/mol. The van der Waals surface area contributed by atoms with Gasteiger partial charge in [-0.2, -0.15) is 0 Å². The summed E-state index contributed by atoms with van der Waals surface area (Å²) in [5, 5.41) is 6.89. The van der Waals surface area contributed by atoms with Crippen LogP contribution in [0.4, 0.5) is 0 Å². The third-order valence-electron chi connectivity index (χ3n) is 2.87. The number of nitrogens with one attached hydrogen (secondary N) is 2. The quantitative estimate of drug-likeness (QED) is 0.844. The second-order valence-electron chi connectivity index (χ2n) is 3.83. The summed E-state index contributed by atoms with van der Waals surface area (Å²) in [5.41, 5.74) is 2.33. The average molecular weight is 312 g/mol. The Hall–Kier alpha value is -0.520. The van der Waals surface area contributed by atoms with Crippen LogP contribution in [0.2, 0.25) is 0 Å². The number of piperazine rings is 1. The normalized spacial score (nSPS) is 18.3. The Balaban J connectivity index is 0.000000963. The van der Waals surface area contributed by atoms with Crippen LogP contribution in [0.1, 0.15) is 11.6 Å². The number of nitrogens with zero attached hydrogens (tertiary/aromatic N) is 2. The van der Waals surface area contributed by atoms with Crippen molar-refractivity contribution in [3.05, 3.63) is 36.3 Å². The number of halogens is 3. The maximum atomic E-state index is 4.39. The van der Waals surface area contributed by atoms with Crippen molar-refractivity contribution in [2.75, 3.05) is 19.6 Å². The monoisotopic (exact) mass is 310 g/mol. The molecule has 0 radical (unpaired) electrons. The van der Waals surface area contributed by atoms with Gasteiger partial charge in [-0.3, -0.25) is 0 Å². The number of rotatable bonds is 1. The lowest BCUT2D eigenvalue weighted by Crippen LogP contribution is -2.42. The van der Waals surface area contributed by atoms with Crippen molar-refractivity contribution in [1.29, 1.82) is 0 Å². The molecule has 1 atom stereocenters. The number of imidazole rings is 1. The lowest BCUT2D eigenvalue weighted by atomic mass is 10.1. The maximum absolute atomic E-state index is 4.39. The van der Waals surface area contributed by atoms with Gasteiger partial charge in [0, 0.05) is 49.8 Å². The molecule has 7 heteroatoms. The highest BCUT2D eigenvalue weighted by atomic mass is 35.5. The Bertz CT molecular complexity index is 468. The standard InChI is InChI=1S/C11H14N4.3ClH/c1-2-9(10-8-12-3-4-13-10)11-14-5-7-15(11)6-1;;;/h1-2,5-7,10,12-13H,3-4,8H2;3*1H. The minimum absolute atomic E-state index is 0. The van der Waals surface area contributed by atoms with Crippen LogP contribution in [0.25, 0.3) is 5.65 Å². The molecule has 3 heterocycles. The third-order valence-corrected chi connectivity index (χ3v) is 2.87. The van der Waals surface area contributed by atoms with Crippen LogP contribution in [0.3, 0.4) is 0 Å². The summed E-state index contributed by atoms with van der Waals surface area (Å²) in [6.07, 6.45) is 5.85. The molecule has 2 aromatic rings. The molecule has 0 aliphatic carbocycles. The van der Waals surface area contributed by atoms with Gasteiger partial charge in [0.15, 0.2) is 0 Å². The van der Waals surface area contributed by atoms with Crippen molar-refractivity contribution in [1.82, 2.24) is 20.0 Å². The van der Waals surface area contributed by atoms with Gasteiger partial charge in [0.2, 0.25) is 0 Å².